The van der Waals surface area contributed by atoms with E-state index < -0.39 is 28.6 Å². The molecule has 0 fully saturated rings. The fourth-order valence-corrected chi connectivity index (χ4v) is 1.72. The van der Waals surface area contributed by atoms with E-state index in [9.17, 15) is 17.6 Å². The fourth-order valence-electron chi connectivity index (χ4n) is 1.72. The summed E-state index contributed by atoms with van der Waals surface area (Å²) in [5.41, 5.74) is -0.364. The molecule has 0 nitrogen and oxygen atoms in total. The van der Waals surface area contributed by atoms with Crippen LogP contribution in [0.1, 0.15) is 32.3 Å². The Hall–Kier alpha value is -0.995. The van der Waals surface area contributed by atoms with Gasteiger partial charge in [-0.25, -0.2) is 17.6 Å². The Bertz CT molecular complexity index is 399. The molecule has 0 aliphatic rings. The highest BCUT2D eigenvalue weighted by atomic mass is 19.2. The lowest BCUT2D eigenvalue weighted by Crippen LogP contribution is -2.28. The fraction of sp³-hybridized carbons (Fsp3) is 0.455. The van der Waals surface area contributed by atoms with E-state index in [1.807, 2.05) is 0 Å². The summed E-state index contributed by atoms with van der Waals surface area (Å²) in [7, 11) is 1.63. The monoisotopic (exact) mass is 232 g/mol. The number of rotatable bonds is 3. The van der Waals surface area contributed by atoms with Crippen LogP contribution in [0.5, 0.6) is 0 Å². The van der Waals surface area contributed by atoms with Gasteiger partial charge in [-0.05, 0) is 5.31 Å². The van der Waals surface area contributed by atoms with Crippen molar-refractivity contribution < 1.29 is 17.6 Å². The van der Waals surface area contributed by atoms with Crippen molar-refractivity contribution in [2.45, 2.75) is 32.0 Å². The molecule has 5 heteroatoms. The maximum absolute atomic E-state index is 13.5. The molecule has 16 heavy (non-hydrogen) atoms. The number of benzene rings is 1. The highest BCUT2D eigenvalue weighted by Crippen LogP contribution is 2.33. The van der Waals surface area contributed by atoms with E-state index in [1.54, 1.807) is 21.7 Å². The van der Waals surface area contributed by atoms with Crippen LogP contribution in [0.3, 0.4) is 0 Å². The van der Waals surface area contributed by atoms with Crippen LogP contribution < -0.4 is 0 Å². The molecule has 0 aromatic heterocycles. The Morgan fingerprint density at radius 1 is 1.00 bits per heavy atom. The minimum atomic E-state index is -1.61. The van der Waals surface area contributed by atoms with Gasteiger partial charge in [0.25, 0.3) is 0 Å². The van der Waals surface area contributed by atoms with E-state index in [0.29, 0.717) is 18.9 Å². The summed E-state index contributed by atoms with van der Waals surface area (Å²) in [5.74, 6) is -5.54. The zero-order valence-corrected chi connectivity index (χ0v) is 9.50. The standard InChI is InChI=1S/C11H13BF4/c1-3-11(12,4-2)8-6(13)5-7(14)9(15)10(8)16/h5H,3-4,12H2,1-2H3. The topological polar surface area (TPSA) is 0 Å². The molecule has 0 aliphatic heterocycles. The van der Waals surface area contributed by atoms with E-state index >= 15 is 0 Å². The first kappa shape index (κ1) is 13.1. The molecule has 0 spiro atoms. The van der Waals surface area contributed by atoms with Crippen LogP contribution in [0, 0.1) is 23.3 Å². The molecule has 88 valence electrons. The predicted molar refractivity (Wildman–Crippen MR) is 57.1 cm³/mol. The molecule has 0 saturated heterocycles. The Morgan fingerprint density at radius 3 is 1.94 bits per heavy atom. The van der Waals surface area contributed by atoms with Gasteiger partial charge in [-0.1, -0.05) is 26.7 Å². The lowest BCUT2D eigenvalue weighted by atomic mass is 9.60. The molecule has 0 radical (unpaired) electrons. The third-order valence-electron chi connectivity index (χ3n) is 3.28. The summed E-state index contributed by atoms with van der Waals surface area (Å²) in [4.78, 5) is 0. The Morgan fingerprint density at radius 2 is 1.50 bits per heavy atom. The van der Waals surface area contributed by atoms with Crippen LogP contribution >= 0.6 is 0 Å². The van der Waals surface area contributed by atoms with Crippen LogP contribution in [-0.2, 0) is 5.31 Å². The lowest BCUT2D eigenvalue weighted by Gasteiger charge is -2.28. The average Bonchev–Trinajstić information content (AvgIpc) is 2.25. The Balaban J connectivity index is 3.50. The molecular weight excluding hydrogens is 219 g/mol. The van der Waals surface area contributed by atoms with Gasteiger partial charge in [0.1, 0.15) is 13.7 Å². The van der Waals surface area contributed by atoms with Crippen LogP contribution in [0.4, 0.5) is 17.6 Å². The Labute approximate surface area is 93.1 Å². The van der Waals surface area contributed by atoms with E-state index in [-0.39, 0.29) is 5.56 Å². The molecular formula is C11H13BF4. The van der Waals surface area contributed by atoms with Gasteiger partial charge in [0, 0.05) is 11.6 Å². The molecule has 0 amide bonds. The summed E-state index contributed by atoms with van der Waals surface area (Å²) >= 11 is 0. The normalized spacial score (nSPS) is 11.9. The van der Waals surface area contributed by atoms with Crippen LogP contribution in [0.25, 0.3) is 0 Å². The SMILES string of the molecule is BC(CC)(CC)c1c(F)cc(F)c(F)c1F. The second-order valence-corrected chi connectivity index (χ2v) is 4.11. The summed E-state index contributed by atoms with van der Waals surface area (Å²) in [6, 6.07) is 0.400. The van der Waals surface area contributed by atoms with Gasteiger partial charge in [0.2, 0.25) is 0 Å². The highest BCUT2D eigenvalue weighted by Gasteiger charge is 2.32. The number of hydrogen-bond donors (Lipinski definition) is 0. The minimum Gasteiger partial charge on any atom is -0.206 e. The van der Waals surface area contributed by atoms with Crippen molar-refractivity contribution in [3.05, 3.63) is 34.9 Å². The maximum atomic E-state index is 13.5. The number of halogens is 4. The second kappa shape index (κ2) is 4.48. The van der Waals surface area contributed by atoms with Gasteiger partial charge in [-0.2, -0.15) is 0 Å². The van der Waals surface area contributed by atoms with Crippen LogP contribution in [0.2, 0.25) is 0 Å². The molecule has 0 aliphatic carbocycles. The van der Waals surface area contributed by atoms with E-state index in [2.05, 4.69) is 0 Å². The molecule has 0 bridgehead atoms. The highest BCUT2D eigenvalue weighted by molar-refractivity contribution is 6.15. The van der Waals surface area contributed by atoms with Gasteiger partial charge in [0.15, 0.2) is 17.5 Å². The third-order valence-corrected chi connectivity index (χ3v) is 3.28. The van der Waals surface area contributed by atoms with E-state index in [4.69, 9.17) is 0 Å². The minimum absolute atomic E-state index is 0.364. The summed E-state index contributed by atoms with van der Waals surface area (Å²) in [6.07, 6.45) is 0.894. The summed E-state index contributed by atoms with van der Waals surface area (Å²) in [5, 5.41) is -0.817. The van der Waals surface area contributed by atoms with Gasteiger partial charge < -0.3 is 0 Å². The van der Waals surface area contributed by atoms with Gasteiger partial charge in [-0.15, -0.1) is 0 Å². The maximum Gasteiger partial charge on any atom is 0.194 e. The predicted octanol–water partition coefficient (Wildman–Crippen LogP) is 2.89. The molecule has 0 unspecified atom stereocenters. The molecule has 1 aromatic carbocycles. The van der Waals surface area contributed by atoms with Crippen molar-refractivity contribution in [2.75, 3.05) is 0 Å². The Kier molecular flexibility index (Phi) is 3.66. The largest absolute Gasteiger partial charge is 0.206 e. The second-order valence-electron chi connectivity index (χ2n) is 4.11. The van der Waals surface area contributed by atoms with Gasteiger partial charge >= 0.3 is 0 Å². The van der Waals surface area contributed by atoms with Crippen molar-refractivity contribution >= 4 is 7.85 Å². The summed E-state index contributed by atoms with van der Waals surface area (Å²) < 4.78 is 52.9. The van der Waals surface area contributed by atoms with Crippen molar-refractivity contribution in [1.82, 2.24) is 0 Å². The van der Waals surface area contributed by atoms with E-state index in [1.165, 1.54) is 0 Å². The zero-order valence-electron chi connectivity index (χ0n) is 9.50. The van der Waals surface area contributed by atoms with Gasteiger partial charge in [0.05, 0.1) is 0 Å². The quantitative estimate of drug-likeness (QED) is 0.325. The molecule has 0 heterocycles. The molecule has 0 N–H and O–H groups in total. The van der Waals surface area contributed by atoms with Crippen molar-refractivity contribution in [1.29, 1.82) is 0 Å². The average molecular weight is 232 g/mol. The van der Waals surface area contributed by atoms with Crippen molar-refractivity contribution in [3.8, 4) is 0 Å². The molecule has 1 aromatic rings. The molecule has 0 atom stereocenters. The van der Waals surface area contributed by atoms with E-state index in [0.717, 1.165) is 0 Å². The third kappa shape index (κ3) is 1.95. The molecule has 0 saturated carbocycles. The van der Waals surface area contributed by atoms with Gasteiger partial charge in [-0.3, -0.25) is 0 Å². The first-order valence-corrected chi connectivity index (χ1v) is 5.20. The first-order valence-electron chi connectivity index (χ1n) is 5.20. The van der Waals surface area contributed by atoms with Crippen LogP contribution in [0.15, 0.2) is 6.07 Å². The van der Waals surface area contributed by atoms with Crippen LogP contribution in [-0.4, -0.2) is 7.85 Å². The summed E-state index contributed by atoms with van der Waals surface area (Å²) in [6.45, 7) is 3.51. The lowest BCUT2D eigenvalue weighted by molar-refractivity contribution is 0.401. The molecule has 1 rings (SSSR count). The first-order chi connectivity index (χ1) is 7.37. The van der Waals surface area contributed by atoms with Crippen molar-refractivity contribution in [2.24, 2.45) is 0 Å². The zero-order chi connectivity index (χ0) is 12.5. The smallest absolute Gasteiger partial charge is 0.194 e. The number of hydrogen-bond acceptors (Lipinski definition) is 0. The van der Waals surface area contributed by atoms with Crippen molar-refractivity contribution in [3.63, 3.8) is 0 Å².